The van der Waals surface area contributed by atoms with E-state index in [0.29, 0.717) is 5.56 Å². The number of nitro groups is 1. The lowest BCUT2D eigenvalue weighted by molar-refractivity contribution is -0.385. The van der Waals surface area contributed by atoms with Crippen molar-refractivity contribution in [2.75, 3.05) is 0 Å². The van der Waals surface area contributed by atoms with Gasteiger partial charge in [-0.2, -0.15) is 5.10 Å². The third-order valence-electron chi connectivity index (χ3n) is 3.04. The average Bonchev–Trinajstić information content (AvgIpc) is 2.51. The lowest BCUT2D eigenvalue weighted by Gasteiger charge is -2.13. The normalized spacial score (nSPS) is 10.7. The molecule has 1 N–H and O–H groups in total. The molecule has 2 aromatic rings. The molecular formula is C15H13N4O4-. The molecule has 0 aliphatic carbocycles. The third-order valence-corrected chi connectivity index (χ3v) is 3.04. The second-order valence-electron chi connectivity index (χ2n) is 4.83. The first kappa shape index (κ1) is 16.1. The van der Waals surface area contributed by atoms with Gasteiger partial charge in [0.2, 0.25) is 0 Å². The Morgan fingerprint density at radius 2 is 2.09 bits per heavy atom. The molecule has 0 bridgehead atoms. The Kier molecular flexibility index (Phi) is 4.65. The predicted octanol–water partition coefficient (Wildman–Crippen LogP) is 1.44. The van der Waals surface area contributed by atoms with Gasteiger partial charge in [-0.1, -0.05) is 11.3 Å². The number of aromatic nitrogens is 1. The first-order chi connectivity index (χ1) is 10.9. The van der Waals surface area contributed by atoms with E-state index in [1.165, 1.54) is 19.2 Å². The number of aryl methyl sites for hydroxylation is 2. The molecule has 1 heterocycles. The number of carbonyl (C=O) groups excluding carboxylic acids is 1. The van der Waals surface area contributed by atoms with Crippen LogP contribution in [0.3, 0.4) is 0 Å². The van der Waals surface area contributed by atoms with Crippen molar-refractivity contribution in [1.82, 2.24) is 10.4 Å². The summed E-state index contributed by atoms with van der Waals surface area (Å²) in [6.45, 7) is 3.27. The highest BCUT2D eigenvalue weighted by atomic mass is 16.6. The second kappa shape index (κ2) is 6.65. The van der Waals surface area contributed by atoms with Crippen molar-refractivity contribution in [2.45, 2.75) is 13.8 Å². The number of hydrogen-bond acceptors (Lipinski definition) is 6. The van der Waals surface area contributed by atoms with E-state index in [4.69, 9.17) is 0 Å². The van der Waals surface area contributed by atoms with Crippen LogP contribution < -0.4 is 10.5 Å². The molecule has 118 valence electrons. The largest absolute Gasteiger partial charge is 0.872 e. The van der Waals surface area contributed by atoms with Gasteiger partial charge >= 0.3 is 0 Å². The minimum absolute atomic E-state index is 0.0269. The molecule has 0 unspecified atom stereocenters. The van der Waals surface area contributed by atoms with E-state index in [-0.39, 0.29) is 22.6 Å². The highest BCUT2D eigenvalue weighted by Gasteiger charge is 2.09. The zero-order chi connectivity index (χ0) is 17.0. The fourth-order valence-corrected chi connectivity index (χ4v) is 1.81. The first-order valence-electron chi connectivity index (χ1n) is 6.60. The van der Waals surface area contributed by atoms with Crippen molar-refractivity contribution >= 4 is 17.8 Å². The van der Waals surface area contributed by atoms with Crippen LogP contribution in [0.1, 0.15) is 27.2 Å². The maximum absolute atomic E-state index is 11.9. The molecular weight excluding hydrogens is 300 g/mol. The zero-order valence-corrected chi connectivity index (χ0v) is 12.4. The summed E-state index contributed by atoms with van der Waals surface area (Å²) in [5.74, 6) is -0.881. The lowest BCUT2D eigenvalue weighted by atomic mass is 10.1. The van der Waals surface area contributed by atoms with Crippen LogP contribution in [0.25, 0.3) is 0 Å². The standard InChI is InChI=1S/C15H14N4O4/c1-9-5-13(19(22)23)6-12(14(9)20)8-17-18-15(21)11-4-3-10(2)16-7-11/h3-8,20H,1-2H3,(H,18,21)/p-1/b17-8-. The van der Waals surface area contributed by atoms with E-state index in [0.717, 1.165) is 18.0 Å². The highest BCUT2D eigenvalue weighted by molar-refractivity contribution is 5.95. The Balaban J connectivity index is 2.15. The number of rotatable bonds is 4. The molecule has 0 aliphatic heterocycles. The summed E-state index contributed by atoms with van der Waals surface area (Å²) in [5.41, 5.74) is 3.37. The van der Waals surface area contributed by atoms with Gasteiger partial charge in [0.25, 0.3) is 11.6 Å². The SMILES string of the molecule is Cc1ccc(C(=O)N/N=C\c2cc([N+](=O)[O-])cc(C)c2[O-])cn1. The Labute approximate surface area is 131 Å². The van der Waals surface area contributed by atoms with Crippen molar-refractivity contribution in [3.05, 3.63) is 63.0 Å². The maximum atomic E-state index is 11.9. The molecule has 0 radical (unpaired) electrons. The molecule has 0 spiro atoms. The van der Waals surface area contributed by atoms with Crippen LogP contribution in [0.15, 0.2) is 35.6 Å². The predicted molar refractivity (Wildman–Crippen MR) is 81.3 cm³/mol. The van der Waals surface area contributed by atoms with E-state index in [1.807, 2.05) is 0 Å². The number of hydrazone groups is 1. The van der Waals surface area contributed by atoms with Crippen LogP contribution >= 0.6 is 0 Å². The van der Waals surface area contributed by atoms with Crippen LogP contribution in [0.5, 0.6) is 5.75 Å². The smallest absolute Gasteiger partial charge is 0.272 e. The minimum atomic E-state index is -0.597. The number of hydrogen-bond donors (Lipinski definition) is 1. The molecule has 0 aliphatic rings. The number of nitro benzene ring substituents is 1. The summed E-state index contributed by atoms with van der Waals surface area (Å²) >= 11 is 0. The van der Waals surface area contributed by atoms with Gasteiger partial charge in [-0.3, -0.25) is 19.9 Å². The van der Waals surface area contributed by atoms with Crippen molar-refractivity contribution in [3.63, 3.8) is 0 Å². The maximum Gasteiger partial charge on any atom is 0.272 e. The number of carbonyl (C=O) groups is 1. The number of benzene rings is 1. The van der Waals surface area contributed by atoms with Gasteiger partial charge in [0.1, 0.15) is 0 Å². The molecule has 8 nitrogen and oxygen atoms in total. The summed E-state index contributed by atoms with van der Waals surface area (Å²) in [6.07, 6.45) is 2.48. The van der Waals surface area contributed by atoms with Crippen molar-refractivity contribution < 1.29 is 14.8 Å². The van der Waals surface area contributed by atoms with E-state index in [2.05, 4.69) is 15.5 Å². The molecule has 2 rings (SSSR count). The van der Waals surface area contributed by atoms with Gasteiger partial charge in [0.05, 0.1) is 16.7 Å². The van der Waals surface area contributed by atoms with Crippen LogP contribution in [0.2, 0.25) is 0 Å². The molecule has 0 saturated carbocycles. The van der Waals surface area contributed by atoms with E-state index in [9.17, 15) is 20.0 Å². The molecule has 0 saturated heterocycles. The average molecular weight is 313 g/mol. The number of nitrogens with one attached hydrogen (secondary N) is 1. The number of non-ortho nitro benzene ring substituents is 1. The Bertz CT molecular complexity index is 785. The molecule has 0 atom stereocenters. The van der Waals surface area contributed by atoms with Crippen LogP contribution in [-0.4, -0.2) is 22.0 Å². The van der Waals surface area contributed by atoms with Gasteiger partial charge in [0, 0.05) is 24.0 Å². The molecule has 1 aromatic heterocycles. The van der Waals surface area contributed by atoms with Crippen molar-refractivity contribution in [1.29, 1.82) is 0 Å². The minimum Gasteiger partial charge on any atom is -0.872 e. The van der Waals surface area contributed by atoms with E-state index >= 15 is 0 Å². The Morgan fingerprint density at radius 1 is 1.35 bits per heavy atom. The molecule has 23 heavy (non-hydrogen) atoms. The summed E-state index contributed by atoms with van der Waals surface area (Å²) in [6, 6.07) is 5.57. The zero-order valence-electron chi connectivity index (χ0n) is 12.4. The number of nitrogens with zero attached hydrogens (tertiary/aromatic N) is 3. The van der Waals surface area contributed by atoms with Gasteiger partial charge in [-0.15, -0.1) is 0 Å². The number of amides is 1. The fraction of sp³-hybridized carbons (Fsp3) is 0.133. The van der Waals surface area contributed by atoms with Crippen molar-refractivity contribution in [3.8, 4) is 5.75 Å². The highest BCUT2D eigenvalue weighted by Crippen LogP contribution is 2.24. The van der Waals surface area contributed by atoms with E-state index < -0.39 is 10.8 Å². The van der Waals surface area contributed by atoms with Crippen LogP contribution in [0, 0.1) is 24.0 Å². The fourth-order valence-electron chi connectivity index (χ4n) is 1.81. The Morgan fingerprint density at radius 3 is 2.70 bits per heavy atom. The van der Waals surface area contributed by atoms with Gasteiger partial charge in [0.15, 0.2) is 0 Å². The molecule has 0 fully saturated rings. The lowest BCUT2D eigenvalue weighted by Crippen LogP contribution is -2.18. The third kappa shape index (κ3) is 3.88. The molecule has 1 amide bonds. The summed E-state index contributed by atoms with van der Waals surface area (Å²) in [7, 11) is 0. The van der Waals surface area contributed by atoms with Gasteiger partial charge < -0.3 is 5.11 Å². The second-order valence-corrected chi connectivity index (χ2v) is 4.83. The van der Waals surface area contributed by atoms with Gasteiger partial charge in [-0.25, -0.2) is 5.43 Å². The molecule has 1 aromatic carbocycles. The van der Waals surface area contributed by atoms with Crippen LogP contribution in [-0.2, 0) is 0 Å². The van der Waals surface area contributed by atoms with Crippen LogP contribution in [0.4, 0.5) is 5.69 Å². The monoisotopic (exact) mass is 313 g/mol. The molecule has 8 heteroatoms. The summed E-state index contributed by atoms with van der Waals surface area (Å²) in [4.78, 5) is 26.0. The quantitative estimate of drug-likeness (QED) is 0.520. The summed E-state index contributed by atoms with van der Waals surface area (Å²) < 4.78 is 0. The topological polar surface area (TPSA) is 121 Å². The number of pyridine rings is 1. The Hall–Kier alpha value is -3.29. The summed E-state index contributed by atoms with van der Waals surface area (Å²) in [5, 5.41) is 26.4. The van der Waals surface area contributed by atoms with Crippen molar-refractivity contribution in [2.24, 2.45) is 5.10 Å². The van der Waals surface area contributed by atoms with E-state index in [1.54, 1.807) is 19.1 Å². The first-order valence-corrected chi connectivity index (χ1v) is 6.60. The van der Waals surface area contributed by atoms with Gasteiger partial charge in [-0.05, 0) is 31.5 Å².